The summed E-state index contributed by atoms with van der Waals surface area (Å²) in [5.74, 6) is 0.140. The fourth-order valence-corrected chi connectivity index (χ4v) is 3.37. The third kappa shape index (κ3) is 5.58. The molecule has 23 heavy (non-hydrogen) atoms. The van der Waals surface area contributed by atoms with Crippen LogP contribution in [0.1, 0.15) is 24.0 Å². The van der Waals surface area contributed by atoms with Gasteiger partial charge in [0.1, 0.15) is 5.82 Å². The van der Waals surface area contributed by atoms with Crippen LogP contribution in [0.25, 0.3) is 0 Å². The molecule has 0 aliphatic carbocycles. The molecule has 1 unspecified atom stereocenters. The monoisotopic (exact) mass is 342 g/mol. The van der Waals surface area contributed by atoms with E-state index in [0.717, 1.165) is 24.7 Å². The Labute approximate surface area is 136 Å². The predicted molar refractivity (Wildman–Crippen MR) is 87.0 cm³/mol. The van der Waals surface area contributed by atoms with Gasteiger partial charge in [0.25, 0.3) is 0 Å². The molecule has 1 aliphatic rings. The second-order valence-corrected chi connectivity index (χ2v) is 8.03. The van der Waals surface area contributed by atoms with E-state index in [1.54, 1.807) is 17.9 Å². The Morgan fingerprint density at radius 1 is 1.43 bits per heavy atom. The van der Waals surface area contributed by atoms with Crippen LogP contribution in [0.4, 0.5) is 4.39 Å². The number of halogens is 1. The lowest BCUT2D eigenvalue weighted by molar-refractivity contribution is -0.130. The van der Waals surface area contributed by atoms with E-state index in [9.17, 15) is 17.6 Å². The molecule has 1 aromatic carbocycles. The third-order valence-electron chi connectivity index (χ3n) is 4.09. The van der Waals surface area contributed by atoms with Crippen LogP contribution in [0.5, 0.6) is 0 Å². The Hall–Kier alpha value is -1.47. The van der Waals surface area contributed by atoms with Crippen molar-refractivity contribution in [1.82, 2.24) is 9.62 Å². The molecule has 1 aromatic rings. The van der Waals surface area contributed by atoms with Crippen LogP contribution in [-0.4, -0.2) is 45.1 Å². The molecule has 1 amide bonds. The molecule has 0 aromatic heterocycles. The number of likely N-dealkylation sites (tertiary alicyclic amines) is 1. The first-order valence-electron chi connectivity index (χ1n) is 7.72. The molecule has 1 saturated heterocycles. The van der Waals surface area contributed by atoms with E-state index < -0.39 is 10.0 Å². The van der Waals surface area contributed by atoms with Gasteiger partial charge in [-0.1, -0.05) is 12.1 Å². The number of benzene rings is 1. The zero-order valence-corrected chi connectivity index (χ0v) is 14.3. The van der Waals surface area contributed by atoms with Crippen LogP contribution in [0, 0.1) is 18.7 Å². The van der Waals surface area contributed by atoms with E-state index in [-0.39, 0.29) is 24.7 Å². The fourth-order valence-electron chi connectivity index (χ4n) is 2.89. The van der Waals surface area contributed by atoms with Gasteiger partial charge in [-0.15, -0.1) is 0 Å². The number of nitrogens with zero attached hydrogens (tertiary/aromatic N) is 1. The summed E-state index contributed by atoms with van der Waals surface area (Å²) in [5, 5.41) is 0. The Morgan fingerprint density at radius 3 is 2.83 bits per heavy atom. The molecule has 1 aliphatic heterocycles. The molecular weight excluding hydrogens is 319 g/mol. The number of carbonyl (C=O) groups is 1. The van der Waals surface area contributed by atoms with Gasteiger partial charge in [-0.3, -0.25) is 4.79 Å². The first kappa shape index (κ1) is 17.9. The molecular formula is C16H23FN2O3S. The first-order chi connectivity index (χ1) is 10.7. The Kier molecular flexibility index (Phi) is 5.75. The maximum Gasteiger partial charge on any atom is 0.223 e. The number of sulfonamides is 1. The van der Waals surface area contributed by atoms with Crippen LogP contribution in [0.3, 0.4) is 0 Å². The van der Waals surface area contributed by atoms with Gasteiger partial charge in [0.05, 0.1) is 6.26 Å². The van der Waals surface area contributed by atoms with Crippen LogP contribution in [0.15, 0.2) is 18.2 Å². The maximum absolute atomic E-state index is 13.3. The van der Waals surface area contributed by atoms with E-state index in [2.05, 4.69) is 4.72 Å². The lowest BCUT2D eigenvalue weighted by Gasteiger charge is -2.17. The molecule has 1 heterocycles. The topological polar surface area (TPSA) is 66.5 Å². The molecule has 7 heteroatoms. The van der Waals surface area contributed by atoms with Crippen molar-refractivity contribution in [2.24, 2.45) is 5.92 Å². The quantitative estimate of drug-likeness (QED) is 0.851. The highest BCUT2D eigenvalue weighted by molar-refractivity contribution is 7.88. The van der Waals surface area contributed by atoms with Crippen LogP contribution in [-0.2, 0) is 21.2 Å². The van der Waals surface area contributed by atoms with Gasteiger partial charge in [-0.2, -0.15) is 0 Å². The summed E-state index contributed by atoms with van der Waals surface area (Å²) in [5.41, 5.74) is 1.72. The Bertz CT molecular complexity index is 676. The van der Waals surface area contributed by atoms with Gasteiger partial charge >= 0.3 is 0 Å². The minimum atomic E-state index is -3.25. The highest BCUT2D eigenvalue weighted by Crippen LogP contribution is 2.22. The molecule has 2 rings (SSSR count). The molecule has 1 N–H and O–H groups in total. The molecule has 5 nitrogen and oxygen atoms in total. The number of amides is 1. The largest absolute Gasteiger partial charge is 0.342 e. The standard InChI is InChI=1S/C16H23FN2O3S/c1-12-9-13(3-4-15(12)17)10-14-6-8-19(11-14)16(20)5-7-18-23(2,21)22/h3-4,9,14,18H,5-8,10-11H2,1-2H3. The smallest absolute Gasteiger partial charge is 0.223 e. The van der Waals surface area contributed by atoms with E-state index >= 15 is 0 Å². The number of rotatable bonds is 6. The number of carbonyl (C=O) groups excluding carboxylic acids is 1. The zero-order chi connectivity index (χ0) is 17.0. The number of nitrogens with one attached hydrogen (secondary N) is 1. The first-order valence-corrected chi connectivity index (χ1v) is 9.61. The molecule has 1 atom stereocenters. The number of aryl methyl sites for hydroxylation is 1. The summed E-state index contributed by atoms with van der Waals surface area (Å²) < 4.78 is 37.6. The van der Waals surface area contributed by atoms with E-state index in [1.165, 1.54) is 6.07 Å². The van der Waals surface area contributed by atoms with Crippen molar-refractivity contribution in [3.63, 3.8) is 0 Å². The van der Waals surface area contributed by atoms with Crippen molar-refractivity contribution in [3.05, 3.63) is 35.1 Å². The lowest BCUT2D eigenvalue weighted by Crippen LogP contribution is -2.33. The minimum absolute atomic E-state index is 0.0288. The molecule has 0 spiro atoms. The van der Waals surface area contributed by atoms with Crippen LogP contribution < -0.4 is 4.72 Å². The average molecular weight is 342 g/mol. The summed E-state index contributed by atoms with van der Waals surface area (Å²) in [6.07, 6.45) is 3.00. The zero-order valence-electron chi connectivity index (χ0n) is 13.5. The van der Waals surface area contributed by atoms with Gasteiger partial charge in [0.2, 0.25) is 15.9 Å². The average Bonchev–Trinajstić information content (AvgIpc) is 2.90. The Morgan fingerprint density at radius 2 is 2.17 bits per heavy atom. The van der Waals surface area contributed by atoms with Crippen LogP contribution in [0.2, 0.25) is 0 Å². The highest BCUT2D eigenvalue weighted by Gasteiger charge is 2.26. The molecule has 128 valence electrons. The lowest BCUT2D eigenvalue weighted by atomic mass is 9.97. The summed E-state index contributed by atoms with van der Waals surface area (Å²) >= 11 is 0. The normalized spacial score (nSPS) is 18.4. The second-order valence-electron chi connectivity index (χ2n) is 6.20. The molecule has 1 fully saturated rings. The van der Waals surface area contributed by atoms with E-state index in [1.807, 2.05) is 6.07 Å². The Balaban J connectivity index is 1.81. The van der Waals surface area contributed by atoms with Gasteiger partial charge in [0, 0.05) is 26.1 Å². The highest BCUT2D eigenvalue weighted by atomic mass is 32.2. The van der Waals surface area contributed by atoms with Crippen molar-refractivity contribution < 1.29 is 17.6 Å². The molecule has 0 radical (unpaired) electrons. The number of hydrogen-bond acceptors (Lipinski definition) is 3. The second kappa shape index (κ2) is 7.40. The maximum atomic E-state index is 13.3. The van der Waals surface area contributed by atoms with Crippen molar-refractivity contribution in [1.29, 1.82) is 0 Å². The summed E-state index contributed by atoms with van der Waals surface area (Å²) in [7, 11) is -3.25. The third-order valence-corrected chi connectivity index (χ3v) is 4.82. The summed E-state index contributed by atoms with van der Waals surface area (Å²) in [4.78, 5) is 13.9. The summed E-state index contributed by atoms with van der Waals surface area (Å²) in [6, 6.07) is 5.14. The SMILES string of the molecule is Cc1cc(CC2CCN(C(=O)CCNS(C)(=O)=O)C2)ccc1F. The minimum Gasteiger partial charge on any atom is -0.342 e. The van der Waals surface area contributed by atoms with Crippen molar-refractivity contribution in [2.45, 2.75) is 26.2 Å². The van der Waals surface area contributed by atoms with Gasteiger partial charge in [0.15, 0.2) is 0 Å². The van der Waals surface area contributed by atoms with Gasteiger partial charge in [-0.25, -0.2) is 17.5 Å². The summed E-state index contributed by atoms with van der Waals surface area (Å²) in [6.45, 7) is 3.25. The number of hydrogen-bond donors (Lipinski definition) is 1. The molecule has 0 saturated carbocycles. The molecule has 0 bridgehead atoms. The van der Waals surface area contributed by atoms with Crippen molar-refractivity contribution in [3.8, 4) is 0 Å². The van der Waals surface area contributed by atoms with E-state index in [4.69, 9.17) is 0 Å². The van der Waals surface area contributed by atoms with Gasteiger partial charge < -0.3 is 4.90 Å². The fraction of sp³-hybridized carbons (Fsp3) is 0.562. The van der Waals surface area contributed by atoms with Crippen molar-refractivity contribution in [2.75, 3.05) is 25.9 Å². The van der Waals surface area contributed by atoms with Gasteiger partial charge in [-0.05, 0) is 42.9 Å². The van der Waals surface area contributed by atoms with Crippen molar-refractivity contribution >= 4 is 15.9 Å². The predicted octanol–water partition coefficient (Wildman–Crippen LogP) is 1.46. The van der Waals surface area contributed by atoms with Crippen LogP contribution >= 0.6 is 0 Å². The van der Waals surface area contributed by atoms with E-state index in [0.29, 0.717) is 24.6 Å².